The Morgan fingerprint density at radius 2 is 2.00 bits per heavy atom. The molecule has 0 unspecified atom stereocenters. The summed E-state index contributed by atoms with van der Waals surface area (Å²) in [4.78, 5) is 19.2. The van der Waals surface area contributed by atoms with Crippen LogP contribution in [0.3, 0.4) is 0 Å². The van der Waals surface area contributed by atoms with Gasteiger partial charge in [-0.1, -0.05) is 19.1 Å². The fourth-order valence-electron chi connectivity index (χ4n) is 1.28. The molecule has 0 heterocycles. The SMILES string of the molecule is CCC(=O)CC=NCCN=Cc1ccccc1O. The van der Waals surface area contributed by atoms with Crippen molar-refractivity contribution in [3.63, 3.8) is 0 Å². The van der Waals surface area contributed by atoms with E-state index in [-0.39, 0.29) is 11.5 Å². The molecule has 0 saturated heterocycles. The van der Waals surface area contributed by atoms with Gasteiger partial charge in [0.1, 0.15) is 11.5 Å². The van der Waals surface area contributed by atoms with E-state index in [1.807, 2.05) is 13.0 Å². The first-order valence-electron chi connectivity index (χ1n) is 6.02. The molecule has 0 amide bonds. The maximum Gasteiger partial charge on any atom is 0.137 e. The number of Topliss-reactive ketones (excluding diaryl/α,β-unsaturated/α-hetero) is 1. The Balaban J connectivity index is 2.26. The van der Waals surface area contributed by atoms with Crippen LogP contribution in [0.1, 0.15) is 25.3 Å². The lowest BCUT2D eigenvalue weighted by Gasteiger charge is -1.96. The summed E-state index contributed by atoms with van der Waals surface area (Å²) in [6, 6.07) is 7.02. The smallest absolute Gasteiger partial charge is 0.137 e. The van der Waals surface area contributed by atoms with Gasteiger partial charge in [0.2, 0.25) is 0 Å². The lowest BCUT2D eigenvalue weighted by Crippen LogP contribution is -1.96. The molecule has 1 aromatic rings. The second-order valence-electron chi connectivity index (χ2n) is 3.78. The maximum atomic E-state index is 11.0. The van der Waals surface area contributed by atoms with E-state index in [1.165, 1.54) is 0 Å². The first kappa shape index (κ1) is 14.1. The number of phenols is 1. The minimum atomic E-state index is 0.191. The molecule has 0 atom stereocenters. The van der Waals surface area contributed by atoms with Gasteiger partial charge in [0.25, 0.3) is 0 Å². The van der Waals surface area contributed by atoms with Crippen LogP contribution in [0.2, 0.25) is 0 Å². The van der Waals surface area contributed by atoms with Crippen molar-refractivity contribution in [2.45, 2.75) is 19.8 Å². The molecule has 0 aromatic heterocycles. The fraction of sp³-hybridized carbons (Fsp3) is 0.357. The fourth-order valence-corrected chi connectivity index (χ4v) is 1.28. The zero-order valence-electron chi connectivity index (χ0n) is 10.5. The van der Waals surface area contributed by atoms with Gasteiger partial charge < -0.3 is 5.11 Å². The highest BCUT2D eigenvalue weighted by molar-refractivity contribution is 5.91. The highest BCUT2D eigenvalue weighted by Crippen LogP contribution is 2.12. The van der Waals surface area contributed by atoms with Crippen LogP contribution in [-0.4, -0.2) is 36.4 Å². The Morgan fingerprint density at radius 3 is 2.72 bits per heavy atom. The number of ketones is 1. The molecule has 18 heavy (non-hydrogen) atoms. The second kappa shape index (κ2) is 8.17. The molecular weight excluding hydrogens is 228 g/mol. The van der Waals surface area contributed by atoms with E-state index in [4.69, 9.17) is 0 Å². The van der Waals surface area contributed by atoms with Gasteiger partial charge in [0, 0.05) is 30.8 Å². The van der Waals surface area contributed by atoms with E-state index in [9.17, 15) is 9.90 Å². The van der Waals surface area contributed by atoms with E-state index < -0.39 is 0 Å². The van der Waals surface area contributed by atoms with Gasteiger partial charge >= 0.3 is 0 Å². The number of rotatable bonds is 7. The van der Waals surface area contributed by atoms with Crippen LogP contribution in [0.25, 0.3) is 0 Å². The van der Waals surface area contributed by atoms with Gasteiger partial charge in [-0.3, -0.25) is 14.8 Å². The third kappa shape index (κ3) is 5.39. The standard InChI is InChI=1S/C14H18N2O2/c1-2-13(17)7-8-15-9-10-16-11-12-5-3-4-6-14(12)18/h3-6,8,11,18H,2,7,9-10H2,1H3. The van der Waals surface area contributed by atoms with Gasteiger partial charge in [0.15, 0.2) is 0 Å². The van der Waals surface area contributed by atoms with Crippen molar-refractivity contribution in [2.24, 2.45) is 9.98 Å². The second-order valence-corrected chi connectivity index (χ2v) is 3.78. The van der Waals surface area contributed by atoms with Gasteiger partial charge in [-0.05, 0) is 12.1 Å². The van der Waals surface area contributed by atoms with Crippen molar-refractivity contribution in [1.82, 2.24) is 0 Å². The molecule has 0 aliphatic rings. The van der Waals surface area contributed by atoms with E-state index in [1.54, 1.807) is 30.6 Å². The number of phenolic OH excluding ortho intramolecular Hbond substituents is 1. The summed E-state index contributed by atoms with van der Waals surface area (Å²) < 4.78 is 0. The number of nitrogens with zero attached hydrogens (tertiary/aromatic N) is 2. The monoisotopic (exact) mass is 246 g/mol. The van der Waals surface area contributed by atoms with Gasteiger partial charge in [0.05, 0.1) is 13.1 Å². The summed E-state index contributed by atoms with van der Waals surface area (Å²) in [5, 5.41) is 9.48. The van der Waals surface area contributed by atoms with Crippen LogP contribution in [0, 0.1) is 0 Å². The largest absolute Gasteiger partial charge is 0.507 e. The van der Waals surface area contributed by atoms with Gasteiger partial charge in [-0.25, -0.2) is 0 Å². The first-order valence-corrected chi connectivity index (χ1v) is 6.02. The lowest BCUT2D eigenvalue weighted by molar-refractivity contribution is -0.117. The number of carbonyl (C=O) groups is 1. The average molecular weight is 246 g/mol. The van der Waals surface area contributed by atoms with Crippen LogP contribution >= 0.6 is 0 Å². The molecule has 0 fully saturated rings. The summed E-state index contributed by atoms with van der Waals surface area (Å²) in [5.74, 6) is 0.412. The maximum absolute atomic E-state index is 11.0. The zero-order chi connectivity index (χ0) is 13.2. The molecule has 4 heteroatoms. The predicted molar refractivity (Wildman–Crippen MR) is 73.8 cm³/mol. The third-order valence-corrected chi connectivity index (χ3v) is 2.37. The number of hydrogen-bond acceptors (Lipinski definition) is 4. The summed E-state index contributed by atoms with van der Waals surface area (Å²) in [7, 11) is 0. The van der Waals surface area contributed by atoms with Crippen LogP contribution in [0.5, 0.6) is 5.75 Å². The molecule has 1 rings (SSSR count). The topological polar surface area (TPSA) is 62.0 Å². The predicted octanol–water partition coefficient (Wildman–Crippen LogP) is 2.25. The van der Waals surface area contributed by atoms with E-state index in [2.05, 4.69) is 9.98 Å². The molecule has 0 spiro atoms. The molecule has 1 aromatic carbocycles. The molecule has 1 N–H and O–H groups in total. The number of aliphatic imine (C=N–C) groups is 2. The first-order chi connectivity index (χ1) is 8.74. The van der Waals surface area contributed by atoms with Crippen molar-refractivity contribution in [2.75, 3.05) is 13.1 Å². The normalized spacial score (nSPS) is 11.4. The van der Waals surface area contributed by atoms with Crippen molar-refractivity contribution in [3.8, 4) is 5.75 Å². The molecule has 4 nitrogen and oxygen atoms in total. The van der Waals surface area contributed by atoms with Crippen LogP contribution in [0.4, 0.5) is 0 Å². The van der Waals surface area contributed by atoms with Crippen molar-refractivity contribution in [1.29, 1.82) is 0 Å². The number of carbonyl (C=O) groups excluding carboxylic acids is 1. The molecule has 0 bridgehead atoms. The molecule has 0 aliphatic heterocycles. The lowest BCUT2D eigenvalue weighted by atomic mass is 10.2. The van der Waals surface area contributed by atoms with Crippen LogP contribution < -0.4 is 0 Å². The van der Waals surface area contributed by atoms with Crippen molar-refractivity contribution < 1.29 is 9.90 Å². The third-order valence-electron chi connectivity index (χ3n) is 2.37. The summed E-state index contributed by atoms with van der Waals surface area (Å²) >= 11 is 0. The van der Waals surface area contributed by atoms with Crippen LogP contribution in [-0.2, 0) is 4.79 Å². The molecule has 0 saturated carbocycles. The van der Waals surface area contributed by atoms with E-state index in [0.29, 0.717) is 31.5 Å². The molecule has 0 aliphatic carbocycles. The Kier molecular flexibility index (Phi) is 6.40. The van der Waals surface area contributed by atoms with Crippen LogP contribution in [0.15, 0.2) is 34.3 Å². The minimum absolute atomic E-state index is 0.191. The molecule has 0 radical (unpaired) electrons. The van der Waals surface area contributed by atoms with Gasteiger partial charge in [-0.15, -0.1) is 0 Å². The van der Waals surface area contributed by atoms with Crippen molar-refractivity contribution in [3.05, 3.63) is 29.8 Å². The number of hydrogen-bond donors (Lipinski definition) is 1. The number of aromatic hydroxyl groups is 1. The molecule has 96 valence electrons. The highest BCUT2D eigenvalue weighted by Gasteiger charge is 1.94. The molecular formula is C14H18N2O2. The summed E-state index contributed by atoms with van der Waals surface area (Å²) in [5.41, 5.74) is 0.697. The average Bonchev–Trinajstić information content (AvgIpc) is 2.39. The van der Waals surface area contributed by atoms with Gasteiger partial charge in [-0.2, -0.15) is 0 Å². The number of para-hydroxylation sites is 1. The van der Waals surface area contributed by atoms with E-state index in [0.717, 1.165) is 0 Å². The highest BCUT2D eigenvalue weighted by atomic mass is 16.3. The van der Waals surface area contributed by atoms with E-state index >= 15 is 0 Å². The Bertz CT molecular complexity index is 439. The summed E-state index contributed by atoms with van der Waals surface area (Å²) in [6.45, 7) is 2.94. The van der Waals surface area contributed by atoms with Crippen molar-refractivity contribution >= 4 is 18.2 Å². The Labute approximate surface area is 107 Å². The summed E-state index contributed by atoms with van der Waals surface area (Å²) in [6.07, 6.45) is 4.22. The zero-order valence-corrected chi connectivity index (χ0v) is 10.5. The quantitative estimate of drug-likeness (QED) is 0.592. The Morgan fingerprint density at radius 1 is 1.28 bits per heavy atom. The number of benzene rings is 1. The Hall–Kier alpha value is -1.97. The minimum Gasteiger partial charge on any atom is -0.507 e.